The Labute approximate surface area is 131 Å². The fraction of sp³-hybridized carbons (Fsp3) is 0.375. The summed E-state index contributed by atoms with van der Waals surface area (Å²) in [5.41, 5.74) is 0.969. The smallest absolute Gasteiger partial charge is 0.124 e. The molecule has 0 radical (unpaired) electrons. The fourth-order valence-electron chi connectivity index (χ4n) is 2.95. The number of hydrogen-bond acceptors (Lipinski definition) is 2. The summed E-state index contributed by atoms with van der Waals surface area (Å²) in [5.74, 6) is 0.460. The molecule has 1 N–H and O–H groups in total. The van der Waals surface area contributed by atoms with E-state index in [0.29, 0.717) is 12.0 Å². The molecular formula is C16H17BrFNS. The maximum Gasteiger partial charge on any atom is 0.124 e. The van der Waals surface area contributed by atoms with Gasteiger partial charge in [0.25, 0.3) is 0 Å². The van der Waals surface area contributed by atoms with E-state index in [0.717, 1.165) is 10.2 Å². The third-order valence-electron chi connectivity index (χ3n) is 3.96. The molecule has 1 fully saturated rings. The Morgan fingerprint density at radius 2 is 2.05 bits per heavy atom. The van der Waals surface area contributed by atoms with Crippen LogP contribution in [0.4, 0.5) is 10.1 Å². The lowest BCUT2D eigenvalue weighted by atomic mass is 9.96. The van der Waals surface area contributed by atoms with Gasteiger partial charge in [0, 0.05) is 15.0 Å². The Morgan fingerprint density at radius 1 is 1.25 bits per heavy atom. The first-order valence-electron chi connectivity index (χ1n) is 6.99. The normalized spacial score (nSPS) is 17.3. The first kappa shape index (κ1) is 14.1. The summed E-state index contributed by atoms with van der Waals surface area (Å²) >= 11 is 5.24. The highest BCUT2D eigenvalue weighted by Gasteiger charge is 2.27. The third kappa shape index (κ3) is 3.07. The van der Waals surface area contributed by atoms with Gasteiger partial charge in [-0.05, 0) is 64.3 Å². The Bertz CT molecular complexity index is 564. The summed E-state index contributed by atoms with van der Waals surface area (Å²) in [6.45, 7) is 0. The van der Waals surface area contributed by atoms with Crippen LogP contribution in [0.1, 0.15) is 36.6 Å². The Kier molecular flexibility index (Phi) is 4.41. The van der Waals surface area contributed by atoms with Crippen LogP contribution in [0.25, 0.3) is 0 Å². The van der Waals surface area contributed by atoms with Crippen molar-refractivity contribution in [1.82, 2.24) is 0 Å². The maximum atomic E-state index is 13.2. The van der Waals surface area contributed by atoms with E-state index in [-0.39, 0.29) is 5.82 Å². The molecule has 0 saturated heterocycles. The van der Waals surface area contributed by atoms with Crippen molar-refractivity contribution in [3.63, 3.8) is 0 Å². The van der Waals surface area contributed by atoms with Gasteiger partial charge >= 0.3 is 0 Å². The Balaban J connectivity index is 1.86. The van der Waals surface area contributed by atoms with Gasteiger partial charge in [-0.25, -0.2) is 4.39 Å². The summed E-state index contributed by atoms with van der Waals surface area (Å²) in [4.78, 5) is 1.37. The molecule has 4 heteroatoms. The summed E-state index contributed by atoms with van der Waals surface area (Å²) < 4.78 is 14.0. The van der Waals surface area contributed by atoms with Gasteiger partial charge < -0.3 is 5.32 Å². The van der Waals surface area contributed by atoms with Gasteiger partial charge in [0.1, 0.15) is 5.82 Å². The van der Waals surface area contributed by atoms with E-state index in [2.05, 4.69) is 38.8 Å². The number of anilines is 1. The largest absolute Gasteiger partial charge is 0.376 e. The zero-order valence-electron chi connectivity index (χ0n) is 11.1. The molecule has 1 aliphatic rings. The van der Waals surface area contributed by atoms with Gasteiger partial charge in [0.2, 0.25) is 0 Å². The van der Waals surface area contributed by atoms with Crippen LogP contribution < -0.4 is 5.32 Å². The van der Waals surface area contributed by atoms with Crippen molar-refractivity contribution in [3.05, 3.63) is 50.9 Å². The molecule has 1 heterocycles. The fourth-order valence-corrected chi connectivity index (χ4v) is 4.29. The minimum Gasteiger partial charge on any atom is -0.376 e. The molecule has 0 bridgehead atoms. The quantitative estimate of drug-likeness (QED) is 0.711. The Morgan fingerprint density at radius 3 is 2.70 bits per heavy atom. The van der Waals surface area contributed by atoms with Gasteiger partial charge in [-0.1, -0.05) is 18.9 Å². The van der Waals surface area contributed by atoms with Crippen molar-refractivity contribution in [2.75, 3.05) is 5.32 Å². The average Bonchev–Trinajstić information content (AvgIpc) is 3.11. The summed E-state index contributed by atoms with van der Waals surface area (Å²) in [6, 6.07) is 9.46. The monoisotopic (exact) mass is 353 g/mol. The highest BCUT2D eigenvalue weighted by Crippen LogP contribution is 2.40. The molecule has 106 valence electrons. The van der Waals surface area contributed by atoms with E-state index < -0.39 is 0 Å². The second kappa shape index (κ2) is 6.27. The minimum absolute atomic E-state index is 0.212. The molecule has 2 aromatic rings. The van der Waals surface area contributed by atoms with Gasteiger partial charge in [0.05, 0.1) is 6.04 Å². The first-order valence-corrected chi connectivity index (χ1v) is 8.66. The molecule has 1 saturated carbocycles. The highest BCUT2D eigenvalue weighted by molar-refractivity contribution is 9.10. The number of thiophene rings is 1. The van der Waals surface area contributed by atoms with E-state index in [1.165, 1.54) is 42.7 Å². The van der Waals surface area contributed by atoms with E-state index in [4.69, 9.17) is 0 Å². The topological polar surface area (TPSA) is 12.0 Å². The molecule has 1 unspecified atom stereocenters. The molecule has 1 nitrogen and oxygen atoms in total. The lowest BCUT2D eigenvalue weighted by molar-refractivity contribution is 0.475. The molecule has 1 aromatic heterocycles. The van der Waals surface area contributed by atoms with Crippen molar-refractivity contribution >= 4 is 33.0 Å². The van der Waals surface area contributed by atoms with Crippen molar-refractivity contribution in [2.24, 2.45) is 5.92 Å². The molecule has 1 aliphatic carbocycles. The summed E-state index contributed by atoms with van der Waals surface area (Å²) in [6.07, 6.45) is 5.18. The van der Waals surface area contributed by atoms with Crippen molar-refractivity contribution < 1.29 is 4.39 Å². The molecule has 1 atom stereocenters. The van der Waals surface area contributed by atoms with Crippen LogP contribution in [0, 0.1) is 11.7 Å². The predicted octanol–water partition coefficient (Wildman–Crippen LogP) is 5.99. The van der Waals surface area contributed by atoms with Crippen molar-refractivity contribution in [3.8, 4) is 0 Å². The van der Waals surface area contributed by atoms with Crippen molar-refractivity contribution in [2.45, 2.75) is 31.7 Å². The SMILES string of the molecule is Fc1ccc(NC(c2cccs2)C2CCCC2)c(Br)c1. The van der Waals surface area contributed by atoms with Gasteiger partial charge in [0.15, 0.2) is 0 Å². The third-order valence-corrected chi connectivity index (χ3v) is 5.57. The van der Waals surface area contributed by atoms with Crippen LogP contribution in [0.5, 0.6) is 0 Å². The maximum absolute atomic E-state index is 13.2. The molecular weight excluding hydrogens is 337 g/mol. The number of hydrogen-bond donors (Lipinski definition) is 1. The lowest BCUT2D eigenvalue weighted by Gasteiger charge is -2.25. The van der Waals surface area contributed by atoms with E-state index in [1.807, 2.05) is 6.07 Å². The van der Waals surface area contributed by atoms with Crippen LogP contribution in [-0.4, -0.2) is 0 Å². The Hall–Kier alpha value is -0.870. The second-order valence-corrected chi connectivity index (χ2v) is 7.14. The van der Waals surface area contributed by atoms with Crippen LogP contribution in [0.15, 0.2) is 40.2 Å². The first-order chi connectivity index (χ1) is 9.74. The average molecular weight is 354 g/mol. The molecule has 3 rings (SSSR count). The molecule has 0 aliphatic heterocycles. The molecule has 0 spiro atoms. The molecule has 0 amide bonds. The van der Waals surface area contributed by atoms with Crippen LogP contribution in [0.3, 0.4) is 0 Å². The number of rotatable bonds is 4. The number of nitrogens with one attached hydrogen (secondary N) is 1. The minimum atomic E-state index is -0.212. The predicted molar refractivity (Wildman–Crippen MR) is 86.7 cm³/mol. The summed E-state index contributed by atoms with van der Waals surface area (Å²) in [5, 5.41) is 5.74. The molecule has 1 aromatic carbocycles. The molecule has 20 heavy (non-hydrogen) atoms. The van der Waals surface area contributed by atoms with E-state index in [9.17, 15) is 4.39 Å². The van der Waals surface area contributed by atoms with Gasteiger partial charge in [-0.2, -0.15) is 0 Å². The van der Waals surface area contributed by atoms with Crippen LogP contribution in [-0.2, 0) is 0 Å². The second-order valence-electron chi connectivity index (χ2n) is 5.31. The van der Waals surface area contributed by atoms with Gasteiger partial charge in [-0.15, -0.1) is 11.3 Å². The summed E-state index contributed by atoms with van der Waals surface area (Å²) in [7, 11) is 0. The zero-order valence-corrected chi connectivity index (χ0v) is 13.5. The van der Waals surface area contributed by atoms with E-state index in [1.54, 1.807) is 11.3 Å². The highest BCUT2D eigenvalue weighted by atomic mass is 79.9. The van der Waals surface area contributed by atoms with Crippen LogP contribution in [0.2, 0.25) is 0 Å². The standard InChI is InChI=1S/C16H17BrFNS/c17-13-10-12(18)7-8-14(13)19-16(11-4-1-2-5-11)15-6-3-9-20-15/h3,6-11,16,19H,1-2,4-5H2. The van der Waals surface area contributed by atoms with Crippen LogP contribution >= 0.6 is 27.3 Å². The zero-order chi connectivity index (χ0) is 13.9. The number of halogens is 2. The van der Waals surface area contributed by atoms with Gasteiger partial charge in [-0.3, -0.25) is 0 Å². The van der Waals surface area contributed by atoms with E-state index >= 15 is 0 Å². The lowest BCUT2D eigenvalue weighted by Crippen LogP contribution is -2.18. The number of benzene rings is 1. The van der Waals surface area contributed by atoms with Crippen molar-refractivity contribution in [1.29, 1.82) is 0 Å².